The molecule has 0 saturated heterocycles. The molecule has 0 radical (unpaired) electrons. The van der Waals surface area contributed by atoms with Gasteiger partial charge in [-0.3, -0.25) is 0 Å². The average Bonchev–Trinajstić information content (AvgIpc) is 1.64. The van der Waals surface area contributed by atoms with E-state index in [0.29, 0.717) is 33.4 Å². The van der Waals surface area contributed by atoms with E-state index >= 15 is 0 Å². The molecule has 12 heteroatoms. The predicted molar refractivity (Wildman–Crippen MR) is 561 cm³/mol. The third kappa shape index (κ3) is 22.3. The zero-order chi connectivity index (χ0) is 96.7. The van der Waals surface area contributed by atoms with E-state index in [1.807, 2.05) is 12.1 Å². The van der Waals surface area contributed by atoms with Crippen molar-refractivity contribution in [2.45, 2.75) is 249 Å². The van der Waals surface area contributed by atoms with Crippen LogP contribution in [-0.2, 0) is 85.2 Å². The standard InChI is InChI=1S/2C24H24O2.2C23H22O2.C20H22O2.C11H16O2/c1-17(2)23(25)26-24(14-8-3-9-15-24)22-20-12-6-4-10-18(20)16-19-11-5-7-13-21(19)22;1-17(2)23(25)26-24(12-6-3-7-13-24)22-11-10-20-14-18-8-4-5-9-19(18)15-21(20)16-22;1-16(2)22(24)25-23(13-7-8-14-23)21-19-11-5-3-9-17(19)15-18-10-4-6-12-20(18)21;1-16(2)22(24)25-23(11-5-6-12-23)21-10-9-19-13-17-7-3-4-8-18(17)14-20(19)15-21;1-15(2)19(21)22-20(12-6-3-7-13-20)18-11-10-16-8-4-5-9-17(16)14-18;1-4-11(7-5-6-8-11)13-10(12)9(2)3/h4-7,10-13,16H,1,3,8-9,14-15H2,2H3;4-5,8-11,14-16H,1,3,6-7,12-13H2,2H3;3-6,9-12,15H,1,7-8,13-14H2,2H3;3-4,7-10,13-15H,1,5-6,11-12H2,2H3;4-5,8-11,14H,1,3,6-7,12-13H2,2H3;4H,1-2,5-8H2,3H3. The zero-order valence-electron chi connectivity index (χ0n) is 80.8. The molecule has 0 amide bonds. The van der Waals surface area contributed by atoms with Gasteiger partial charge in [0.1, 0.15) is 33.6 Å². The van der Waals surface area contributed by atoms with Gasteiger partial charge in [-0.15, -0.1) is 0 Å². The lowest BCUT2D eigenvalue weighted by atomic mass is 9.75. The lowest BCUT2D eigenvalue weighted by Crippen LogP contribution is -2.35. The predicted octanol–water partition coefficient (Wildman–Crippen LogP) is 32.0. The molecule has 0 unspecified atom stereocenters. The number of carbonyl (C=O) groups excluding carboxylic acids is 6. The molecule has 6 fully saturated rings. The third-order valence-corrected chi connectivity index (χ3v) is 28.6. The third-order valence-electron chi connectivity index (χ3n) is 28.6. The van der Waals surface area contributed by atoms with Crippen LogP contribution in [0.4, 0.5) is 0 Å². The number of hydrogen-bond donors (Lipinski definition) is 0. The summed E-state index contributed by atoms with van der Waals surface area (Å²) in [6, 6.07) is 91.4. The fourth-order valence-corrected chi connectivity index (χ4v) is 21.3. The lowest BCUT2D eigenvalue weighted by Gasteiger charge is -2.39. The second-order valence-corrected chi connectivity index (χ2v) is 39.0. The molecule has 0 heterocycles. The van der Waals surface area contributed by atoms with Gasteiger partial charge in [-0.05, 0) is 370 Å². The van der Waals surface area contributed by atoms with Crippen LogP contribution in [0.1, 0.15) is 243 Å². The highest BCUT2D eigenvalue weighted by Gasteiger charge is 2.46. The van der Waals surface area contributed by atoms with Crippen LogP contribution < -0.4 is 0 Å². The molecule has 6 aliphatic carbocycles. The molecule has 137 heavy (non-hydrogen) atoms. The van der Waals surface area contributed by atoms with Crippen LogP contribution in [0.15, 0.2) is 346 Å². The maximum atomic E-state index is 12.5. The Morgan fingerprint density at radius 2 is 0.401 bits per heavy atom. The first-order chi connectivity index (χ1) is 66.1. The van der Waals surface area contributed by atoms with Crippen LogP contribution in [-0.4, -0.2) is 41.4 Å². The Morgan fingerprint density at radius 3 is 0.679 bits per heavy atom. The van der Waals surface area contributed by atoms with Gasteiger partial charge in [-0.1, -0.05) is 272 Å². The number of fused-ring (bicyclic) bond motifs is 9. The number of esters is 6. The summed E-state index contributed by atoms with van der Waals surface area (Å²) in [6.45, 7) is 36.3. The molecule has 14 aromatic carbocycles. The monoisotopic (exact) mass is 1820 g/mol. The first-order valence-electron chi connectivity index (χ1n) is 49.2. The van der Waals surface area contributed by atoms with Gasteiger partial charge in [-0.2, -0.15) is 0 Å². The maximum Gasteiger partial charge on any atom is 0.333 e. The number of benzene rings is 14. The maximum absolute atomic E-state index is 12.5. The molecule has 20 rings (SSSR count). The Balaban J connectivity index is 0.000000126. The van der Waals surface area contributed by atoms with Crippen LogP contribution in [0.25, 0.3) is 97.0 Å². The van der Waals surface area contributed by atoms with Crippen molar-refractivity contribution in [3.05, 3.63) is 374 Å². The zero-order valence-corrected chi connectivity index (χ0v) is 80.8. The van der Waals surface area contributed by atoms with E-state index in [1.54, 1.807) is 47.6 Å². The van der Waals surface area contributed by atoms with Gasteiger partial charge in [0.05, 0.1) is 0 Å². The molecule has 6 aliphatic rings. The number of rotatable bonds is 18. The fraction of sp³-hybridized carbons (Fsp3) is 0.312. The minimum absolute atomic E-state index is 0.282. The van der Waals surface area contributed by atoms with Crippen molar-refractivity contribution in [2.75, 3.05) is 0 Å². The first-order valence-corrected chi connectivity index (χ1v) is 49.2. The second kappa shape index (κ2) is 43.2. The highest BCUT2D eigenvalue weighted by atomic mass is 16.6. The molecule has 0 bridgehead atoms. The highest BCUT2D eigenvalue weighted by Crippen LogP contribution is 2.52. The van der Waals surface area contributed by atoms with E-state index in [0.717, 1.165) is 176 Å². The summed E-state index contributed by atoms with van der Waals surface area (Å²) in [5.41, 5.74) is 5.34. The Hall–Kier alpha value is -13.6. The fourth-order valence-electron chi connectivity index (χ4n) is 21.3. The van der Waals surface area contributed by atoms with Crippen molar-refractivity contribution in [3.63, 3.8) is 0 Å². The topological polar surface area (TPSA) is 158 Å². The van der Waals surface area contributed by atoms with Crippen molar-refractivity contribution >= 4 is 133 Å². The minimum atomic E-state index is -0.575. The summed E-state index contributed by atoms with van der Waals surface area (Å²) in [4.78, 5) is 72.9. The van der Waals surface area contributed by atoms with Crippen LogP contribution in [0.5, 0.6) is 0 Å². The molecule has 0 N–H and O–H groups in total. The van der Waals surface area contributed by atoms with Crippen LogP contribution in [0.2, 0.25) is 0 Å². The molecule has 0 aromatic heterocycles. The van der Waals surface area contributed by atoms with E-state index in [-0.39, 0.29) is 35.8 Å². The lowest BCUT2D eigenvalue weighted by molar-refractivity contribution is -0.161. The van der Waals surface area contributed by atoms with Gasteiger partial charge in [0.2, 0.25) is 0 Å². The van der Waals surface area contributed by atoms with Crippen LogP contribution >= 0.6 is 0 Å². The van der Waals surface area contributed by atoms with E-state index in [2.05, 4.69) is 295 Å². The van der Waals surface area contributed by atoms with Crippen molar-refractivity contribution in [1.82, 2.24) is 0 Å². The van der Waals surface area contributed by atoms with E-state index < -0.39 is 33.6 Å². The van der Waals surface area contributed by atoms with Crippen LogP contribution in [0.3, 0.4) is 0 Å². The molecule has 0 spiro atoms. The Bertz CT molecular complexity index is 6860. The van der Waals surface area contributed by atoms with E-state index in [1.165, 1.54) is 122 Å². The summed E-state index contributed by atoms with van der Waals surface area (Å²) in [6.07, 6.45) is 28.9. The SMILES string of the molecule is C=C(C)C(=O)OC1(c2c3ccccc3cc3ccccc23)CCCC1.C=C(C)C(=O)OC1(c2c3ccccc3cc3ccccc23)CCCCC1.C=C(C)C(=O)OC1(c2ccc3cc4ccccc4cc3c2)CCCC1.C=C(C)C(=O)OC1(c2ccc3cc4ccccc4cc3c2)CCCCC1.C=C(C)C(=O)OC1(c2ccc3ccccc3c2)CCCCC1.C=CC1(OC(=O)C(=C)C)CCCC1. The number of carbonyl (C=O) groups is 6. The minimum Gasteiger partial charge on any atom is -0.451 e. The van der Waals surface area contributed by atoms with Crippen molar-refractivity contribution in [3.8, 4) is 0 Å². The van der Waals surface area contributed by atoms with E-state index in [4.69, 9.17) is 28.4 Å². The summed E-state index contributed by atoms with van der Waals surface area (Å²) in [5.74, 6) is -1.74. The van der Waals surface area contributed by atoms with Gasteiger partial charge in [0.15, 0.2) is 0 Å². The van der Waals surface area contributed by atoms with E-state index in [9.17, 15) is 28.8 Å². The number of ether oxygens (including phenoxy) is 6. The van der Waals surface area contributed by atoms with Gasteiger partial charge < -0.3 is 28.4 Å². The second-order valence-electron chi connectivity index (χ2n) is 39.0. The van der Waals surface area contributed by atoms with Gasteiger partial charge in [0.25, 0.3) is 0 Å². The van der Waals surface area contributed by atoms with Gasteiger partial charge in [-0.25, -0.2) is 28.8 Å². The quantitative estimate of drug-likeness (QED) is 0.0264. The molecule has 0 aliphatic heterocycles. The largest absolute Gasteiger partial charge is 0.451 e. The first kappa shape index (κ1) is 97.9. The molecular formula is C125H130O12. The molecule has 0 atom stereocenters. The highest BCUT2D eigenvalue weighted by molar-refractivity contribution is 6.06. The Kier molecular flexibility index (Phi) is 30.9. The molecule has 6 saturated carbocycles. The normalized spacial score (nSPS) is 16.8. The molecule has 702 valence electrons. The molecule has 12 nitrogen and oxygen atoms in total. The smallest absolute Gasteiger partial charge is 0.333 e. The Morgan fingerprint density at radius 1 is 0.212 bits per heavy atom. The molecule has 14 aromatic rings. The summed E-state index contributed by atoms with van der Waals surface area (Å²) in [5, 5.41) is 21.6. The van der Waals surface area contributed by atoms with Crippen LogP contribution in [0, 0.1) is 0 Å². The van der Waals surface area contributed by atoms with Gasteiger partial charge in [0, 0.05) is 44.6 Å². The molecular weight excluding hydrogens is 1690 g/mol. The number of hydrogen-bond acceptors (Lipinski definition) is 12. The van der Waals surface area contributed by atoms with Crippen molar-refractivity contribution in [1.29, 1.82) is 0 Å². The summed E-state index contributed by atoms with van der Waals surface area (Å²) in [7, 11) is 0. The Labute approximate surface area is 807 Å². The average molecular weight is 1820 g/mol. The summed E-state index contributed by atoms with van der Waals surface area (Å²) < 4.78 is 35.6. The van der Waals surface area contributed by atoms with Crippen molar-refractivity contribution in [2.24, 2.45) is 0 Å². The summed E-state index contributed by atoms with van der Waals surface area (Å²) >= 11 is 0. The van der Waals surface area contributed by atoms with Gasteiger partial charge >= 0.3 is 35.8 Å². The van der Waals surface area contributed by atoms with Crippen molar-refractivity contribution < 1.29 is 57.2 Å².